The van der Waals surface area contributed by atoms with Crippen LogP contribution >= 0.6 is 11.8 Å². The summed E-state index contributed by atoms with van der Waals surface area (Å²) in [6, 6.07) is 12.2. The van der Waals surface area contributed by atoms with Gasteiger partial charge in [-0.3, -0.25) is 10.2 Å². The quantitative estimate of drug-likeness (QED) is 0.389. The van der Waals surface area contributed by atoms with Crippen LogP contribution < -0.4 is 11.3 Å². The molecule has 1 aliphatic carbocycles. The highest BCUT2D eigenvalue weighted by Crippen LogP contribution is 2.38. The maximum atomic E-state index is 11.4. The van der Waals surface area contributed by atoms with Gasteiger partial charge in [0.05, 0.1) is 11.3 Å². The van der Waals surface area contributed by atoms with E-state index in [0.717, 1.165) is 36.1 Å². The van der Waals surface area contributed by atoms with Gasteiger partial charge in [-0.1, -0.05) is 42.1 Å². The number of nitrogens with one attached hydrogen (secondary N) is 1. The summed E-state index contributed by atoms with van der Waals surface area (Å²) >= 11 is 1.25. The van der Waals surface area contributed by atoms with Crippen molar-refractivity contribution in [3.05, 3.63) is 47.2 Å². The molecule has 0 aliphatic heterocycles. The fourth-order valence-corrected chi connectivity index (χ4v) is 3.68. The van der Waals surface area contributed by atoms with E-state index in [2.05, 4.69) is 16.5 Å². The lowest BCUT2D eigenvalue weighted by atomic mass is 9.95. The second-order valence-corrected chi connectivity index (χ2v) is 6.24. The largest absolute Gasteiger partial charge is 0.294 e. The first-order valence-corrected chi connectivity index (χ1v) is 8.36. The molecule has 1 aliphatic rings. The SMILES string of the molecule is N#Cc1c(SCC(=O)NN)nc2c(c1-c1ccccc1)CCC2. The van der Waals surface area contributed by atoms with Crippen molar-refractivity contribution in [2.75, 3.05) is 5.75 Å². The van der Waals surface area contributed by atoms with Gasteiger partial charge in [0.1, 0.15) is 11.1 Å². The number of aromatic nitrogens is 1. The minimum Gasteiger partial charge on any atom is -0.294 e. The van der Waals surface area contributed by atoms with E-state index in [1.165, 1.54) is 17.3 Å². The van der Waals surface area contributed by atoms with Gasteiger partial charge < -0.3 is 0 Å². The summed E-state index contributed by atoms with van der Waals surface area (Å²) < 4.78 is 0. The van der Waals surface area contributed by atoms with Gasteiger partial charge in [0.15, 0.2) is 0 Å². The summed E-state index contributed by atoms with van der Waals surface area (Å²) in [7, 11) is 0. The number of amides is 1. The lowest BCUT2D eigenvalue weighted by molar-refractivity contribution is -0.118. The maximum absolute atomic E-state index is 11.4. The molecule has 1 aromatic heterocycles. The van der Waals surface area contributed by atoms with E-state index in [1.54, 1.807) is 0 Å². The number of hydrazine groups is 1. The Kier molecular flexibility index (Phi) is 4.60. The summed E-state index contributed by atoms with van der Waals surface area (Å²) in [5.41, 5.74) is 6.84. The van der Waals surface area contributed by atoms with E-state index in [-0.39, 0.29) is 11.7 Å². The van der Waals surface area contributed by atoms with E-state index < -0.39 is 0 Å². The van der Waals surface area contributed by atoms with Gasteiger partial charge >= 0.3 is 0 Å². The highest BCUT2D eigenvalue weighted by molar-refractivity contribution is 8.00. The predicted octanol–water partition coefficient (Wildman–Crippen LogP) is 2.19. The van der Waals surface area contributed by atoms with Crippen molar-refractivity contribution >= 4 is 17.7 Å². The van der Waals surface area contributed by atoms with Gasteiger partial charge in [0.2, 0.25) is 5.91 Å². The van der Waals surface area contributed by atoms with Crippen molar-refractivity contribution in [2.45, 2.75) is 24.3 Å². The molecular weight excluding hydrogens is 308 g/mol. The Balaban J connectivity index is 2.12. The molecule has 0 saturated carbocycles. The summed E-state index contributed by atoms with van der Waals surface area (Å²) in [4.78, 5) is 16.0. The summed E-state index contributed by atoms with van der Waals surface area (Å²) in [5.74, 6) is 4.97. The summed E-state index contributed by atoms with van der Waals surface area (Å²) in [5, 5.41) is 10.3. The monoisotopic (exact) mass is 324 g/mol. The lowest BCUT2D eigenvalue weighted by Gasteiger charge is -2.14. The first kappa shape index (κ1) is 15.5. The fourth-order valence-electron chi connectivity index (χ4n) is 2.86. The van der Waals surface area contributed by atoms with Crippen LogP contribution in [0.3, 0.4) is 0 Å². The third-order valence-electron chi connectivity index (χ3n) is 3.87. The van der Waals surface area contributed by atoms with Crippen LogP contribution in [0, 0.1) is 11.3 Å². The first-order valence-electron chi connectivity index (χ1n) is 7.38. The maximum Gasteiger partial charge on any atom is 0.244 e. The van der Waals surface area contributed by atoms with Gasteiger partial charge in [-0.25, -0.2) is 10.8 Å². The third-order valence-corrected chi connectivity index (χ3v) is 4.84. The fraction of sp³-hybridized carbons (Fsp3) is 0.235. The molecule has 3 N–H and O–H groups in total. The molecule has 0 fully saturated rings. The van der Waals surface area contributed by atoms with Crippen molar-refractivity contribution in [3.8, 4) is 17.2 Å². The Morgan fingerprint density at radius 2 is 2.13 bits per heavy atom. The second-order valence-electron chi connectivity index (χ2n) is 5.28. The number of nitrogens with zero attached hydrogens (tertiary/aromatic N) is 2. The van der Waals surface area contributed by atoms with Gasteiger partial charge in [-0.15, -0.1) is 0 Å². The average molecular weight is 324 g/mol. The van der Waals surface area contributed by atoms with Crippen LogP contribution in [-0.2, 0) is 17.6 Å². The molecule has 0 unspecified atom stereocenters. The minimum absolute atomic E-state index is 0.144. The van der Waals surface area contributed by atoms with E-state index in [4.69, 9.17) is 5.84 Å². The number of aryl methyl sites for hydroxylation is 1. The molecule has 23 heavy (non-hydrogen) atoms. The van der Waals surface area contributed by atoms with E-state index in [9.17, 15) is 10.1 Å². The van der Waals surface area contributed by atoms with Crippen LogP contribution in [0.25, 0.3) is 11.1 Å². The van der Waals surface area contributed by atoms with Crippen molar-refractivity contribution in [3.63, 3.8) is 0 Å². The number of carbonyl (C=O) groups is 1. The van der Waals surface area contributed by atoms with E-state index in [0.29, 0.717) is 10.6 Å². The van der Waals surface area contributed by atoms with Crippen LogP contribution in [0.5, 0.6) is 0 Å². The van der Waals surface area contributed by atoms with E-state index in [1.807, 2.05) is 30.3 Å². The van der Waals surface area contributed by atoms with Gasteiger partial charge in [-0.2, -0.15) is 5.26 Å². The molecule has 3 rings (SSSR count). The Morgan fingerprint density at radius 3 is 2.83 bits per heavy atom. The van der Waals surface area contributed by atoms with Crippen molar-refractivity contribution in [1.82, 2.24) is 10.4 Å². The molecule has 116 valence electrons. The van der Waals surface area contributed by atoms with Crippen molar-refractivity contribution < 1.29 is 4.79 Å². The number of hydrogen-bond acceptors (Lipinski definition) is 5. The molecule has 5 nitrogen and oxygen atoms in total. The zero-order valence-corrected chi connectivity index (χ0v) is 13.3. The number of nitriles is 1. The van der Waals surface area contributed by atoms with Crippen molar-refractivity contribution in [2.24, 2.45) is 5.84 Å². The molecular formula is C17H16N4OS. The zero-order chi connectivity index (χ0) is 16.2. The van der Waals surface area contributed by atoms with Crippen LogP contribution in [0.1, 0.15) is 23.2 Å². The molecule has 0 atom stereocenters. The first-order chi connectivity index (χ1) is 11.2. The number of rotatable bonds is 4. The molecule has 6 heteroatoms. The third kappa shape index (κ3) is 3.07. The Morgan fingerprint density at radius 1 is 1.35 bits per heavy atom. The zero-order valence-electron chi connectivity index (χ0n) is 12.5. The lowest BCUT2D eigenvalue weighted by Crippen LogP contribution is -2.31. The smallest absolute Gasteiger partial charge is 0.244 e. The predicted molar refractivity (Wildman–Crippen MR) is 89.5 cm³/mol. The molecule has 1 aromatic carbocycles. The summed E-state index contributed by atoms with van der Waals surface area (Å²) in [6.45, 7) is 0. The number of pyridine rings is 1. The number of fused-ring (bicyclic) bond motifs is 1. The molecule has 2 aromatic rings. The summed E-state index contributed by atoms with van der Waals surface area (Å²) in [6.07, 6.45) is 2.90. The molecule has 0 saturated heterocycles. The highest BCUT2D eigenvalue weighted by Gasteiger charge is 2.24. The van der Waals surface area contributed by atoms with Gasteiger partial charge in [0.25, 0.3) is 0 Å². The number of benzene rings is 1. The van der Waals surface area contributed by atoms with Gasteiger partial charge in [0, 0.05) is 11.3 Å². The Labute approximate surface area is 138 Å². The van der Waals surface area contributed by atoms with Crippen LogP contribution in [0.4, 0.5) is 0 Å². The van der Waals surface area contributed by atoms with Gasteiger partial charge in [-0.05, 0) is 30.4 Å². The van der Waals surface area contributed by atoms with Crippen molar-refractivity contribution in [1.29, 1.82) is 5.26 Å². The standard InChI is InChI=1S/C17H16N4OS/c18-9-13-16(11-5-2-1-3-6-11)12-7-4-8-14(12)20-17(13)23-10-15(22)21-19/h1-3,5-6H,4,7-8,10,19H2,(H,21,22). The Hall–Kier alpha value is -2.36. The molecule has 0 bridgehead atoms. The molecule has 1 amide bonds. The number of carbonyl (C=O) groups excluding carboxylic acids is 1. The average Bonchev–Trinajstić information content (AvgIpc) is 3.06. The normalized spacial score (nSPS) is 12.5. The highest BCUT2D eigenvalue weighted by atomic mass is 32.2. The number of hydrogen-bond donors (Lipinski definition) is 2. The molecule has 0 radical (unpaired) electrons. The topological polar surface area (TPSA) is 91.8 Å². The van der Waals surface area contributed by atoms with Crippen LogP contribution in [-0.4, -0.2) is 16.6 Å². The van der Waals surface area contributed by atoms with Crippen LogP contribution in [0.2, 0.25) is 0 Å². The molecule has 0 spiro atoms. The minimum atomic E-state index is -0.289. The van der Waals surface area contributed by atoms with Crippen LogP contribution in [0.15, 0.2) is 35.4 Å². The second kappa shape index (κ2) is 6.82. The Bertz CT molecular complexity index is 783. The number of thioether (sulfide) groups is 1. The molecule has 1 heterocycles. The van der Waals surface area contributed by atoms with E-state index >= 15 is 0 Å². The number of nitrogens with two attached hydrogens (primary N) is 1.